The Hall–Kier alpha value is -2.44. The number of amides is 1. The summed E-state index contributed by atoms with van der Waals surface area (Å²) in [7, 11) is 0. The summed E-state index contributed by atoms with van der Waals surface area (Å²) in [4.78, 5) is 19.6. The van der Waals surface area contributed by atoms with E-state index < -0.39 is 0 Å². The Morgan fingerprint density at radius 1 is 1.39 bits per heavy atom. The van der Waals surface area contributed by atoms with Gasteiger partial charge in [0.2, 0.25) is 5.91 Å². The molecule has 2 aromatic rings. The molecule has 0 bridgehead atoms. The molecule has 0 unspecified atom stereocenters. The molecule has 0 spiro atoms. The number of nitrogen functional groups attached to an aromatic ring is 1. The molecule has 7 heteroatoms. The maximum absolute atomic E-state index is 11.6. The number of nitrogens with one attached hydrogen (secondary N) is 2. The SMILES string of the molecule is Nc1ccc(CC(=O)NCCc2ncn[nH]2)nc1. The molecular weight excluding hydrogens is 232 g/mol. The van der Waals surface area contributed by atoms with Gasteiger partial charge in [0, 0.05) is 18.7 Å². The maximum atomic E-state index is 11.6. The van der Waals surface area contributed by atoms with Crippen LogP contribution in [0.2, 0.25) is 0 Å². The quantitative estimate of drug-likeness (QED) is 0.670. The average molecular weight is 246 g/mol. The molecule has 2 rings (SSSR count). The Labute approximate surface area is 104 Å². The van der Waals surface area contributed by atoms with Gasteiger partial charge in [0.25, 0.3) is 0 Å². The van der Waals surface area contributed by atoms with E-state index in [0.29, 0.717) is 24.3 Å². The summed E-state index contributed by atoms with van der Waals surface area (Å²) in [5.74, 6) is 0.674. The van der Waals surface area contributed by atoms with Crippen molar-refractivity contribution in [3.63, 3.8) is 0 Å². The molecule has 0 saturated heterocycles. The third kappa shape index (κ3) is 3.55. The zero-order valence-corrected chi connectivity index (χ0v) is 9.76. The van der Waals surface area contributed by atoms with Crippen LogP contribution >= 0.6 is 0 Å². The van der Waals surface area contributed by atoms with Crippen LogP contribution in [0, 0.1) is 0 Å². The lowest BCUT2D eigenvalue weighted by atomic mass is 10.2. The predicted molar refractivity (Wildman–Crippen MR) is 65.4 cm³/mol. The number of aromatic nitrogens is 4. The molecule has 0 fully saturated rings. The van der Waals surface area contributed by atoms with Crippen LogP contribution in [-0.4, -0.2) is 32.6 Å². The highest BCUT2D eigenvalue weighted by Crippen LogP contribution is 2.01. The lowest BCUT2D eigenvalue weighted by molar-refractivity contribution is -0.120. The molecule has 0 radical (unpaired) electrons. The van der Waals surface area contributed by atoms with E-state index in [4.69, 9.17) is 5.73 Å². The van der Waals surface area contributed by atoms with Crippen molar-refractivity contribution in [2.75, 3.05) is 12.3 Å². The molecule has 2 heterocycles. The summed E-state index contributed by atoms with van der Waals surface area (Å²) in [6, 6.07) is 3.47. The highest BCUT2D eigenvalue weighted by atomic mass is 16.1. The fraction of sp³-hybridized carbons (Fsp3) is 0.273. The first-order chi connectivity index (χ1) is 8.74. The van der Waals surface area contributed by atoms with Gasteiger partial charge in [-0.25, -0.2) is 4.98 Å². The Morgan fingerprint density at radius 2 is 2.28 bits per heavy atom. The Kier molecular flexibility index (Phi) is 3.85. The van der Waals surface area contributed by atoms with Crippen molar-refractivity contribution < 1.29 is 4.79 Å². The smallest absolute Gasteiger partial charge is 0.226 e. The highest BCUT2D eigenvalue weighted by Gasteiger charge is 2.04. The van der Waals surface area contributed by atoms with Crippen molar-refractivity contribution in [3.05, 3.63) is 36.2 Å². The summed E-state index contributed by atoms with van der Waals surface area (Å²) in [5.41, 5.74) is 6.80. The topological polar surface area (TPSA) is 110 Å². The van der Waals surface area contributed by atoms with Crippen LogP contribution in [-0.2, 0) is 17.6 Å². The first kappa shape index (κ1) is 12.0. The second-order valence-electron chi connectivity index (χ2n) is 3.79. The van der Waals surface area contributed by atoms with E-state index in [1.165, 1.54) is 12.5 Å². The van der Waals surface area contributed by atoms with Crippen LogP contribution in [0.5, 0.6) is 0 Å². The minimum atomic E-state index is -0.0770. The van der Waals surface area contributed by atoms with Crippen LogP contribution in [0.4, 0.5) is 5.69 Å². The minimum absolute atomic E-state index is 0.0770. The van der Waals surface area contributed by atoms with Crippen molar-refractivity contribution in [1.29, 1.82) is 0 Å². The second kappa shape index (κ2) is 5.76. The number of nitrogens with two attached hydrogens (primary N) is 1. The Bertz CT molecular complexity index is 493. The van der Waals surface area contributed by atoms with Crippen LogP contribution in [0.1, 0.15) is 11.5 Å². The number of carbonyl (C=O) groups excluding carboxylic acids is 1. The summed E-state index contributed by atoms with van der Waals surface area (Å²) < 4.78 is 0. The number of aromatic amines is 1. The van der Waals surface area contributed by atoms with E-state index in [-0.39, 0.29) is 12.3 Å². The molecule has 2 aromatic heterocycles. The van der Waals surface area contributed by atoms with E-state index in [1.807, 2.05) is 0 Å². The number of rotatable bonds is 5. The van der Waals surface area contributed by atoms with E-state index in [2.05, 4.69) is 25.5 Å². The average Bonchev–Trinajstić information content (AvgIpc) is 2.85. The van der Waals surface area contributed by atoms with E-state index in [9.17, 15) is 4.79 Å². The monoisotopic (exact) mass is 246 g/mol. The number of hydrogen-bond acceptors (Lipinski definition) is 5. The standard InChI is InChI=1S/C11H14N6O/c12-8-1-2-9(14-6-8)5-11(18)13-4-3-10-15-7-16-17-10/h1-2,6-7H,3-5,12H2,(H,13,18)(H,15,16,17). The van der Waals surface area contributed by atoms with Crippen molar-refractivity contribution in [3.8, 4) is 0 Å². The van der Waals surface area contributed by atoms with Crippen LogP contribution in [0.15, 0.2) is 24.7 Å². The lowest BCUT2D eigenvalue weighted by Gasteiger charge is -2.03. The van der Waals surface area contributed by atoms with E-state index in [1.54, 1.807) is 12.1 Å². The Morgan fingerprint density at radius 3 is 2.94 bits per heavy atom. The summed E-state index contributed by atoms with van der Waals surface area (Å²) >= 11 is 0. The van der Waals surface area contributed by atoms with Crippen LogP contribution in [0.25, 0.3) is 0 Å². The number of carbonyl (C=O) groups is 1. The molecule has 0 aliphatic rings. The zero-order valence-electron chi connectivity index (χ0n) is 9.76. The molecule has 0 aromatic carbocycles. The van der Waals surface area contributed by atoms with Gasteiger partial charge in [-0.3, -0.25) is 14.9 Å². The van der Waals surface area contributed by atoms with Gasteiger partial charge in [-0.1, -0.05) is 0 Å². The highest BCUT2D eigenvalue weighted by molar-refractivity contribution is 5.78. The fourth-order valence-corrected chi connectivity index (χ4v) is 1.44. The molecule has 94 valence electrons. The molecular formula is C11H14N6O. The van der Waals surface area contributed by atoms with Gasteiger partial charge in [0.15, 0.2) is 0 Å². The molecule has 18 heavy (non-hydrogen) atoms. The number of nitrogens with zero attached hydrogens (tertiary/aromatic N) is 3. The third-order valence-corrected chi connectivity index (χ3v) is 2.34. The molecule has 0 aliphatic carbocycles. The second-order valence-corrected chi connectivity index (χ2v) is 3.79. The molecule has 0 saturated carbocycles. The number of hydrogen-bond donors (Lipinski definition) is 3. The molecule has 7 nitrogen and oxygen atoms in total. The lowest BCUT2D eigenvalue weighted by Crippen LogP contribution is -2.27. The number of H-pyrrole nitrogens is 1. The Balaban J connectivity index is 1.73. The van der Waals surface area contributed by atoms with Gasteiger partial charge < -0.3 is 11.1 Å². The van der Waals surface area contributed by atoms with E-state index >= 15 is 0 Å². The van der Waals surface area contributed by atoms with Gasteiger partial charge in [-0.05, 0) is 12.1 Å². The molecule has 0 atom stereocenters. The van der Waals surface area contributed by atoms with Crippen LogP contribution < -0.4 is 11.1 Å². The molecule has 1 amide bonds. The van der Waals surface area contributed by atoms with Gasteiger partial charge in [-0.15, -0.1) is 0 Å². The van der Waals surface area contributed by atoms with Crippen molar-refractivity contribution >= 4 is 11.6 Å². The normalized spacial score (nSPS) is 10.2. The minimum Gasteiger partial charge on any atom is -0.397 e. The zero-order chi connectivity index (χ0) is 12.8. The summed E-state index contributed by atoms with van der Waals surface area (Å²) in [6.45, 7) is 0.517. The maximum Gasteiger partial charge on any atom is 0.226 e. The van der Waals surface area contributed by atoms with Gasteiger partial charge in [0.05, 0.1) is 18.3 Å². The first-order valence-electron chi connectivity index (χ1n) is 5.55. The van der Waals surface area contributed by atoms with Crippen molar-refractivity contribution in [2.45, 2.75) is 12.8 Å². The van der Waals surface area contributed by atoms with E-state index in [0.717, 1.165) is 5.82 Å². The first-order valence-corrected chi connectivity index (χ1v) is 5.55. The fourth-order valence-electron chi connectivity index (χ4n) is 1.44. The van der Waals surface area contributed by atoms with Crippen LogP contribution in [0.3, 0.4) is 0 Å². The number of anilines is 1. The summed E-state index contributed by atoms with van der Waals surface area (Å²) in [6.07, 6.45) is 3.85. The molecule has 0 aliphatic heterocycles. The summed E-state index contributed by atoms with van der Waals surface area (Å²) in [5, 5.41) is 9.24. The third-order valence-electron chi connectivity index (χ3n) is 2.34. The van der Waals surface area contributed by atoms with Crippen molar-refractivity contribution in [2.24, 2.45) is 0 Å². The number of pyridine rings is 1. The van der Waals surface area contributed by atoms with Gasteiger partial charge in [0.1, 0.15) is 12.2 Å². The van der Waals surface area contributed by atoms with Crippen molar-refractivity contribution in [1.82, 2.24) is 25.5 Å². The molecule has 4 N–H and O–H groups in total. The van der Waals surface area contributed by atoms with Gasteiger partial charge >= 0.3 is 0 Å². The predicted octanol–water partition coefficient (Wildman–Crippen LogP) is -0.317. The largest absolute Gasteiger partial charge is 0.397 e. The van der Waals surface area contributed by atoms with Gasteiger partial charge in [-0.2, -0.15) is 5.10 Å².